The van der Waals surface area contributed by atoms with Crippen LogP contribution in [-0.4, -0.2) is 30.7 Å². The number of benzene rings is 1. The SMILES string of the molecule is CCOC(=O)N1CCC(c2occ3cc(Cl)ccc23)CC1. The van der Waals surface area contributed by atoms with E-state index in [-0.39, 0.29) is 6.09 Å². The summed E-state index contributed by atoms with van der Waals surface area (Å²) in [5.74, 6) is 1.35. The average molecular weight is 308 g/mol. The number of amides is 1. The van der Waals surface area contributed by atoms with Crippen LogP contribution in [-0.2, 0) is 4.74 Å². The molecule has 0 bridgehead atoms. The smallest absolute Gasteiger partial charge is 0.409 e. The van der Waals surface area contributed by atoms with Gasteiger partial charge in [-0.1, -0.05) is 11.6 Å². The van der Waals surface area contributed by atoms with Crippen LogP contribution in [0.4, 0.5) is 4.79 Å². The van der Waals surface area contributed by atoms with Crippen molar-refractivity contribution in [3.63, 3.8) is 0 Å². The Balaban J connectivity index is 1.72. The molecule has 3 rings (SSSR count). The van der Waals surface area contributed by atoms with E-state index in [1.807, 2.05) is 25.1 Å². The zero-order valence-electron chi connectivity index (χ0n) is 12.0. The number of hydrogen-bond acceptors (Lipinski definition) is 3. The molecular weight excluding hydrogens is 290 g/mol. The molecule has 0 saturated carbocycles. The van der Waals surface area contributed by atoms with E-state index in [0.29, 0.717) is 30.6 Å². The highest BCUT2D eigenvalue weighted by Crippen LogP contribution is 2.35. The predicted molar refractivity (Wildman–Crippen MR) is 81.8 cm³/mol. The molecule has 0 aliphatic carbocycles. The van der Waals surface area contributed by atoms with Gasteiger partial charge in [-0.3, -0.25) is 0 Å². The van der Waals surface area contributed by atoms with Crippen LogP contribution in [0.15, 0.2) is 28.9 Å². The highest BCUT2D eigenvalue weighted by molar-refractivity contribution is 6.31. The van der Waals surface area contributed by atoms with E-state index in [1.165, 1.54) is 0 Å². The third-order valence-electron chi connectivity index (χ3n) is 3.98. The normalized spacial score (nSPS) is 16.4. The summed E-state index contributed by atoms with van der Waals surface area (Å²) >= 11 is 6.00. The fourth-order valence-electron chi connectivity index (χ4n) is 2.90. The number of halogens is 1. The standard InChI is InChI=1S/C16H18ClNO3/c1-2-20-16(19)18-7-5-11(6-8-18)15-14-4-3-13(17)9-12(14)10-21-15/h3-4,9-11H,2,5-8H2,1H3. The van der Waals surface area contributed by atoms with E-state index in [1.54, 1.807) is 11.2 Å². The zero-order valence-corrected chi connectivity index (χ0v) is 12.7. The van der Waals surface area contributed by atoms with Gasteiger partial charge in [0.2, 0.25) is 0 Å². The quantitative estimate of drug-likeness (QED) is 0.824. The molecule has 2 heterocycles. The lowest BCUT2D eigenvalue weighted by Crippen LogP contribution is -2.38. The van der Waals surface area contributed by atoms with E-state index in [0.717, 1.165) is 29.4 Å². The Labute approximate surface area is 128 Å². The molecule has 1 aliphatic heterocycles. The van der Waals surface area contributed by atoms with Crippen LogP contribution in [0.1, 0.15) is 31.4 Å². The van der Waals surface area contributed by atoms with Crippen molar-refractivity contribution >= 4 is 28.5 Å². The monoisotopic (exact) mass is 307 g/mol. The van der Waals surface area contributed by atoms with E-state index in [4.69, 9.17) is 20.8 Å². The summed E-state index contributed by atoms with van der Waals surface area (Å²) < 4.78 is 10.8. The molecule has 4 nitrogen and oxygen atoms in total. The topological polar surface area (TPSA) is 42.7 Å². The molecule has 1 aliphatic rings. The molecule has 112 valence electrons. The fourth-order valence-corrected chi connectivity index (χ4v) is 3.08. The van der Waals surface area contributed by atoms with Crippen molar-refractivity contribution in [2.75, 3.05) is 19.7 Å². The molecule has 0 atom stereocenters. The number of piperidine rings is 1. The minimum Gasteiger partial charge on any atom is -0.468 e. The minimum atomic E-state index is -0.216. The third kappa shape index (κ3) is 2.86. The highest BCUT2D eigenvalue weighted by atomic mass is 35.5. The number of ether oxygens (including phenoxy) is 1. The fraction of sp³-hybridized carbons (Fsp3) is 0.438. The molecule has 1 saturated heterocycles. The maximum absolute atomic E-state index is 11.7. The summed E-state index contributed by atoms with van der Waals surface area (Å²) in [6.45, 7) is 3.66. The first-order chi connectivity index (χ1) is 10.2. The summed E-state index contributed by atoms with van der Waals surface area (Å²) in [6.07, 6.45) is 3.33. The number of rotatable bonds is 2. The Morgan fingerprint density at radius 2 is 2.19 bits per heavy atom. The van der Waals surface area contributed by atoms with Crippen LogP contribution >= 0.6 is 11.6 Å². The van der Waals surface area contributed by atoms with Gasteiger partial charge in [0, 0.05) is 34.8 Å². The number of likely N-dealkylation sites (tertiary alicyclic amines) is 1. The number of carbonyl (C=O) groups excluding carboxylic acids is 1. The molecule has 21 heavy (non-hydrogen) atoms. The summed E-state index contributed by atoms with van der Waals surface area (Å²) in [6, 6.07) is 5.81. The van der Waals surface area contributed by atoms with Crippen LogP contribution in [0, 0.1) is 0 Å². The summed E-state index contributed by atoms with van der Waals surface area (Å²) in [7, 11) is 0. The van der Waals surface area contributed by atoms with Gasteiger partial charge in [0.15, 0.2) is 0 Å². The summed E-state index contributed by atoms with van der Waals surface area (Å²) in [4.78, 5) is 13.5. The van der Waals surface area contributed by atoms with Crippen molar-refractivity contribution in [2.45, 2.75) is 25.7 Å². The van der Waals surface area contributed by atoms with Crippen molar-refractivity contribution in [1.29, 1.82) is 0 Å². The van der Waals surface area contributed by atoms with Gasteiger partial charge in [-0.15, -0.1) is 0 Å². The first-order valence-electron chi connectivity index (χ1n) is 7.27. The lowest BCUT2D eigenvalue weighted by Gasteiger charge is -2.30. The summed E-state index contributed by atoms with van der Waals surface area (Å²) in [5.41, 5.74) is 0. The van der Waals surface area contributed by atoms with Gasteiger partial charge >= 0.3 is 6.09 Å². The van der Waals surface area contributed by atoms with Crippen LogP contribution in [0.5, 0.6) is 0 Å². The Kier molecular flexibility index (Phi) is 4.06. The maximum Gasteiger partial charge on any atom is 0.409 e. The lowest BCUT2D eigenvalue weighted by atomic mass is 9.92. The van der Waals surface area contributed by atoms with Crippen LogP contribution < -0.4 is 0 Å². The second-order valence-electron chi connectivity index (χ2n) is 5.29. The van der Waals surface area contributed by atoms with Gasteiger partial charge in [-0.2, -0.15) is 0 Å². The van der Waals surface area contributed by atoms with Gasteiger partial charge < -0.3 is 14.1 Å². The summed E-state index contributed by atoms with van der Waals surface area (Å²) in [5, 5.41) is 2.87. The van der Waals surface area contributed by atoms with Crippen LogP contribution in [0.3, 0.4) is 0 Å². The van der Waals surface area contributed by atoms with Gasteiger partial charge in [0.25, 0.3) is 0 Å². The second kappa shape index (κ2) is 5.98. The average Bonchev–Trinajstić information content (AvgIpc) is 2.90. The number of fused-ring (bicyclic) bond motifs is 1. The molecule has 0 unspecified atom stereocenters. The predicted octanol–water partition coefficient (Wildman–Crippen LogP) is 4.42. The van der Waals surface area contributed by atoms with Crippen LogP contribution in [0.2, 0.25) is 5.02 Å². The Hall–Kier alpha value is -1.68. The Bertz CT molecular complexity index is 644. The zero-order chi connectivity index (χ0) is 14.8. The molecule has 2 aromatic rings. The minimum absolute atomic E-state index is 0.216. The van der Waals surface area contributed by atoms with Gasteiger partial charge in [0.05, 0.1) is 12.9 Å². The molecular formula is C16H18ClNO3. The first kappa shape index (κ1) is 14.3. The van der Waals surface area contributed by atoms with Crippen molar-refractivity contribution in [1.82, 2.24) is 4.90 Å². The molecule has 1 amide bonds. The number of hydrogen-bond donors (Lipinski definition) is 0. The number of furan rings is 1. The molecule has 0 N–H and O–H groups in total. The molecule has 5 heteroatoms. The molecule has 1 fully saturated rings. The van der Waals surface area contributed by atoms with E-state index in [2.05, 4.69) is 0 Å². The number of carbonyl (C=O) groups is 1. The van der Waals surface area contributed by atoms with Crippen LogP contribution in [0.25, 0.3) is 10.8 Å². The number of nitrogens with zero attached hydrogens (tertiary/aromatic N) is 1. The van der Waals surface area contributed by atoms with E-state index in [9.17, 15) is 4.79 Å². The van der Waals surface area contributed by atoms with Crippen molar-refractivity contribution < 1.29 is 13.9 Å². The van der Waals surface area contributed by atoms with Crippen molar-refractivity contribution in [3.05, 3.63) is 35.2 Å². The van der Waals surface area contributed by atoms with Gasteiger partial charge in [-0.05, 0) is 38.0 Å². The molecule has 1 aromatic heterocycles. The molecule has 0 spiro atoms. The maximum atomic E-state index is 11.7. The van der Waals surface area contributed by atoms with Gasteiger partial charge in [0.1, 0.15) is 5.76 Å². The second-order valence-corrected chi connectivity index (χ2v) is 5.73. The molecule has 0 radical (unpaired) electrons. The van der Waals surface area contributed by atoms with Gasteiger partial charge in [-0.25, -0.2) is 4.79 Å². The first-order valence-corrected chi connectivity index (χ1v) is 7.65. The largest absolute Gasteiger partial charge is 0.468 e. The van der Waals surface area contributed by atoms with E-state index < -0.39 is 0 Å². The molecule has 1 aromatic carbocycles. The third-order valence-corrected chi connectivity index (χ3v) is 4.22. The Morgan fingerprint density at radius 3 is 2.90 bits per heavy atom. The lowest BCUT2D eigenvalue weighted by molar-refractivity contribution is 0.0959. The van der Waals surface area contributed by atoms with Crippen molar-refractivity contribution in [2.24, 2.45) is 0 Å². The van der Waals surface area contributed by atoms with E-state index >= 15 is 0 Å². The van der Waals surface area contributed by atoms with Crippen molar-refractivity contribution in [3.8, 4) is 0 Å². The highest BCUT2D eigenvalue weighted by Gasteiger charge is 2.27. The Morgan fingerprint density at radius 1 is 1.43 bits per heavy atom.